The zero-order valence-corrected chi connectivity index (χ0v) is 16.5. The fraction of sp³-hybridized carbons (Fsp3) is 0.409. The van der Waals surface area contributed by atoms with Gasteiger partial charge in [-0.2, -0.15) is 0 Å². The van der Waals surface area contributed by atoms with E-state index < -0.39 is 6.10 Å². The molecule has 0 radical (unpaired) electrons. The van der Waals surface area contributed by atoms with Crippen LogP contribution in [0.25, 0.3) is 11.0 Å². The molecule has 1 atom stereocenters. The standard InChI is InChI=1S/C22H25N3O3/c1-13-7-8-16(11-17(13)12-26)21(28-22(27)15-5-4-6-15)18-9-10-19-20(14(18)2)23-24-25(19)3/h7-11,15,21,26H,4-6,12H2,1-3H3. The molecule has 1 heterocycles. The van der Waals surface area contributed by atoms with E-state index in [1.165, 1.54) is 0 Å². The SMILES string of the molecule is Cc1ccc(C(OC(=O)C2CCC2)c2ccc3c(nnn3C)c2C)cc1CO. The van der Waals surface area contributed by atoms with Crippen LogP contribution in [0.15, 0.2) is 30.3 Å². The number of hydrogen-bond donors (Lipinski definition) is 1. The molecule has 0 aliphatic heterocycles. The summed E-state index contributed by atoms with van der Waals surface area (Å²) < 4.78 is 7.76. The van der Waals surface area contributed by atoms with Gasteiger partial charge in [0.15, 0.2) is 6.10 Å². The highest BCUT2D eigenvalue weighted by Crippen LogP contribution is 2.36. The first-order chi connectivity index (χ1) is 13.5. The molecule has 3 aromatic rings. The first-order valence-corrected chi connectivity index (χ1v) is 9.69. The van der Waals surface area contributed by atoms with E-state index >= 15 is 0 Å². The van der Waals surface area contributed by atoms with Gasteiger partial charge in [-0.15, -0.1) is 5.10 Å². The van der Waals surface area contributed by atoms with Gasteiger partial charge in [0.05, 0.1) is 18.0 Å². The summed E-state index contributed by atoms with van der Waals surface area (Å²) >= 11 is 0. The maximum absolute atomic E-state index is 12.7. The molecule has 6 nitrogen and oxygen atoms in total. The van der Waals surface area contributed by atoms with Crippen molar-refractivity contribution in [2.24, 2.45) is 13.0 Å². The number of nitrogens with zero attached hydrogens (tertiary/aromatic N) is 3. The van der Waals surface area contributed by atoms with Crippen LogP contribution in [0.2, 0.25) is 0 Å². The number of carbonyl (C=O) groups excluding carboxylic acids is 1. The van der Waals surface area contributed by atoms with E-state index in [0.29, 0.717) is 0 Å². The topological polar surface area (TPSA) is 77.2 Å². The van der Waals surface area contributed by atoms with Crippen LogP contribution in [-0.4, -0.2) is 26.1 Å². The number of ether oxygens (including phenoxy) is 1. The molecule has 1 aliphatic rings. The Labute approximate surface area is 164 Å². The van der Waals surface area contributed by atoms with Gasteiger partial charge in [0.2, 0.25) is 0 Å². The zero-order chi connectivity index (χ0) is 19.8. The van der Waals surface area contributed by atoms with Gasteiger partial charge in [0, 0.05) is 12.6 Å². The van der Waals surface area contributed by atoms with Crippen LogP contribution in [0.5, 0.6) is 0 Å². The summed E-state index contributed by atoms with van der Waals surface area (Å²) in [6.07, 6.45) is 2.33. The molecule has 1 saturated carbocycles. The van der Waals surface area contributed by atoms with Crippen LogP contribution in [0.3, 0.4) is 0 Å². The lowest BCUT2D eigenvalue weighted by Crippen LogP contribution is -2.26. The summed E-state index contributed by atoms with van der Waals surface area (Å²) in [5, 5.41) is 18.1. The van der Waals surface area contributed by atoms with Crippen LogP contribution in [0.4, 0.5) is 0 Å². The second kappa shape index (κ2) is 7.36. The minimum atomic E-state index is -0.537. The van der Waals surface area contributed by atoms with Crippen LogP contribution in [-0.2, 0) is 23.2 Å². The summed E-state index contributed by atoms with van der Waals surface area (Å²) in [5.74, 6) is -0.160. The Morgan fingerprint density at radius 3 is 2.75 bits per heavy atom. The predicted octanol–water partition coefficient (Wildman–Crippen LogP) is 3.51. The van der Waals surface area contributed by atoms with Gasteiger partial charge in [-0.05, 0) is 61.1 Å². The third kappa shape index (κ3) is 3.18. The fourth-order valence-electron chi connectivity index (χ4n) is 3.73. The van der Waals surface area contributed by atoms with Gasteiger partial charge in [0.25, 0.3) is 0 Å². The summed E-state index contributed by atoms with van der Waals surface area (Å²) in [5.41, 5.74) is 6.28. The van der Waals surface area contributed by atoms with Gasteiger partial charge in [-0.25, -0.2) is 4.68 Å². The highest BCUT2D eigenvalue weighted by molar-refractivity contribution is 5.80. The molecule has 1 aliphatic carbocycles. The number of esters is 1. The lowest BCUT2D eigenvalue weighted by Gasteiger charge is -2.28. The summed E-state index contributed by atoms with van der Waals surface area (Å²) in [6, 6.07) is 9.80. The van der Waals surface area contributed by atoms with Crippen molar-refractivity contribution in [1.82, 2.24) is 15.0 Å². The predicted molar refractivity (Wildman–Crippen MR) is 106 cm³/mol. The Hall–Kier alpha value is -2.73. The highest BCUT2D eigenvalue weighted by Gasteiger charge is 2.31. The van der Waals surface area contributed by atoms with Gasteiger partial charge >= 0.3 is 5.97 Å². The van der Waals surface area contributed by atoms with Gasteiger partial charge < -0.3 is 9.84 Å². The molecule has 0 spiro atoms. The summed E-state index contributed by atoms with van der Waals surface area (Å²) in [6.45, 7) is 3.89. The Bertz CT molecular complexity index is 1040. The molecular weight excluding hydrogens is 354 g/mol. The molecule has 0 saturated heterocycles. The largest absolute Gasteiger partial charge is 0.452 e. The van der Waals surface area contributed by atoms with Crippen LogP contribution in [0, 0.1) is 19.8 Å². The lowest BCUT2D eigenvalue weighted by molar-refractivity contribution is -0.155. The Balaban J connectivity index is 1.80. The fourth-order valence-corrected chi connectivity index (χ4v) is 3.73. The van der Waals surface area contributed by atoms with Crippen molar-refractivity contribution >= 4 is 17.0 Å². The minimum absolute atomic E-state index is 0.00850. The lowest BCUT2D eigenvalue weighted by atomic mass is 9.85. The smallest absolute Gasteiger partial charge is 0.309 e. The third-order valence-corrected chi connectivity index (χ3v) is 5.88. The Morgan fingerprint density at radius 1 is 1.29 bits per heavy atom. The van der Waals surface area contributed by atoms with Crippen LogP contribution < -0.4 is 0 Å². The Morgan fingerprint density at radius 2 is 2.07 bits per heavy atom. The molecule has 0 bridgehead atoms. The van der Waals surface area contributed by atoms with Crippen molar-refractivity contribution < 1.29 is 14.6 Å². The average Bonchev–Trinajstić information content (AvgIpc) is 3.01. The Kier molecular flexibility index (Phi) is 4.89. The number of rotatable bonds is 5. The van der Waals surface area contributed by atoms with Crippen LogP contribution >= 0.6 is 0 Å². The van der Waals surface area contributed by atoms with Crippen molar-refractivity contribution in [1.29, 1.82) is 0 Å². The number of carbonyl (C=O) groups is 1. The molecule has 1 N–H and O–H groups in total. The second-order valence-electron chi connectivity index (χ2n) is 7.65. The van der Waals surface area contributed by atoms with E-state index in [9.17, 15) is 9.90 Å². The van der Waals surface area contributed by atoms with E-state index in [0.717, 1.165) is 58.1 Å². The molecular formula is C22H25N3O3. The second-order valence-corrected chi connectivity index (χ2v) is 7.65. The summed E-state index contributed by atoms with van der Waals surface area (Å²) in [4.78, 5) is 12.7. The van der Waals surface area contributed by atoms with Gasteiger partial charge in [-0.1, -0.05) is 29.8 Å². The third-order valence-electron chi connectivity index (χ3n) is 5.88. The maximum Gasteiger partial charge on any atom is 0.309 e. The molecule has 1 fully saturated rings. The van der Waals surface area contributed by atoms with Crippen molar-refractivity contribution in [3.63, 3.8) is 0 Å². The van der Waals surface area contributed by atoms with Crippen LogP contribution in [0.1, 0.15) is 53.2 Å². The molecule has 1 aromatic heterocycles. The number of benzene rings is 2. The van der Waals surface area contributed by atoms with E-state index in [-0.39, 0.29) is 18.5 Å². The van der Waals surface area contributed by atoms with Crippen molar-refractivity contribution in [3.05, 3.63) is 58.1 Å². The molecule has 0 amide bonds. The zero-order valence-electron chi connectivity index (χ0n) is 16.5. The number of aryl methyl sites for hydroxylation is 3. The first kappa shape index (κ1) is 18.6. The molecule has 28 heavy (non-hydrogen) atoms. The quantitative estimate of drug-likeness (QED) is 0.687. The van der Waals surface area contributed by atoms with Crippen molar-refractivity contribution in [3.8, 4) is 0 Å². The molecule has 4 rings (SSSR count). The molecule has 2 aromatic carbocycles. The van der Waals surface area contributed by atoms with Gasteiger partial charge in [-0.3, -0.25) is 4.79 Å². The molecule has 6 heteroatoms. The normalized spacial score (nSPS) is 15.4. The maximum atomic E-state index is 12.7. The van der Waals surface area contributed by atoms with E-state index in [2.05, 4.69) is 10.3 Å². The number of aliphatic hydroxyl groups excluding tert-OH is 1. The molecule has 146 valence electrons. The van der Waals surface area contributed by atoms with E-state index in [1.807, 2.05) is 51.2 Å². The minimum Gasteiger partial charge on any atom is -0.452 e. The number of fused-ring (bicyclic) bond motifs is 1. The molecule has 1 unspecified atom stereocenters. The number of hydrogen-bond acceptors (Lipinski definition) is 5. The first-order valence-electron chi connectivity index (χ1n) is 9.69. The van der Waals surface area contributed by atoms with E-state index in [4.69, 9.17) is 4.74 Å². The van der Waals surface area contributed by atoms with E-state index in [1.54, 1.807) is 4.68 Å². The highest BCUT2D eigenvalue weighted by atomic mass is 16.5. The monoisotopic (exact) mass is 379 g/mol. The number of aromatic nitrogens is 3. The number of aliphatic hydroxyl groups is 1. The summed E-state index contributed by atoms with van der Waals surface area (Å²) in [7, 11) is 1.86. The van der Waals surface area contributed by atoms with Gasteiger partial charge in [0.1, 0.15) is 5.52 Å². The average molecular weight is 379 g/mol. The van der Waals surface area contributed by atoms with Crippen molar-refractivity contribution in [2.45, 2.75) is 45.8 Å². The van der Waals surface area contributed by atoms with Crippen molar-refractivity contribution in [2.75, 3.05) is 0 Å².